The van der Waals surface area contributed by atoms with Gasteiger partial charge in [-0.15, -0.1) is 11.6 Å². The van der Waals surface area contributed by atoms with E-state index >= 15 is 0 Å². The van der Waals surface area contributed by atoms with Gasteiger partial charge in [0.2, 0.25) is 0 Å². The quantitative estimate of drug-likeness (QED) is 0.556. The van der Waals surface area contributed by atoms with Crippen LogP contribution < -0.4 is 10.6 Å². The molecule has 0 heterocycles. The van der Waals surface area contributed by atoms with Crippen LogP contribution in [0.2, 0.25) is 0 Å². The topological polar surface area (TPSA) is 79.8 Å². The van der Waals surface area contributed by atoms with Crippen molar-refractivity contribution in [2.75, 3.05) is 26.8 Å². The molecule has 132 valence electrons. The van der Waals surface area contributed by atoms with Crippen LogP contribution in [0.25, 0.3) is 0 Å². The number of alkyl carbamates (subject to hydrolysis) is 1. The van der Waals surface area contributed by atoms with Crippen molar-refractivity contribution < 1.29 is 19.4 Å². The Kier molecular flexibility index (Phi) is 8.44. The molecule has 2 atom stereocenters. The van der Waals surface area contributed by atoms with Gasteiger partial charge in [0.15, 0.2) is 0 Å². The first kappa shape index (κ1) is 19.8. The first-order valence-electron chi connectivity index (χ1n) is 7.82. The number of aliphatic hydroxyl groups excluding tert-OH is 1. The van der Waals surface area contributed by atoms with Gasteiger partial charge in [-0.25, -0.2) is 4.79 Å². The molecular formula is C16H27ClN2O4. The minimum absolute atomic E-state index is 0.227. The number of ether oxygens (including phenoxy) is 2. The molecule has 0 aromatic rings. The average molecular weight is 347 g/mol. The summed E-state index contributed by atoms with van der Waals surface area (Å²) in [6.45, 7) is 5.01. The van der Waals surface area contributed by atoms with E-state index in [0.29, 0.717) is 31.2 Å². The molecule has 0 aromatic carbocycles. The van der Waals surface area contributed by atoms with Crippen molar-refractivity contribution in [2.45, 2.75) is 43.7 Å². The maximum absolute atomic E-state index is 11.0. The van der Waals surface area contributed by atoms with Gasteiger partial charge in [-0.3, -0.25) is 0 Å². The molecule has 7 heteroatoms. The fourth-order valence-electron chi connectivity index (χ4n) is 1.94. The number of rotatable bonds is 9. The molecule has 0 saturated heterocycles. The van der Waals surface area contributed by atoms with Gasteiger partial charge in [-0.1, -0.05) is 19.9 Å². The van der Waals surface area contributed by atoms with Crippen LogP contribution in [-0.4, -0.2) is 55.0 Å². The fraction of sp³-hybridized carbons (Fsp3) is 0.688. The van der Waals surface area contributed by atoms with E-state index in [2.05, 4.69) is 10.6 Å². The number of hydrogen-bond donors (Lipinski definition) is 3. The third kappa shape index (κ3) is 8.25. The van der Waals surface area contributed by atoms with Crippen LogP contribution in [0.5, 0.6) is 0 Å². The van der Waals surface area contributed by atoms with Gasteiger partial charge in [0, 0.05) is 26.1 Å². The minimum atomic E-state index is -0.571. The number of allylic oxidation sites excluding steroid dienone is 3. The molecule has 0 aliphatic heterocycles. The first-order valence-corrected chi connectivity index (χ1v) is 8.19. The fourth-order valence-corrected chi connectivity index (χ4v) is 2.16. The summed E-state index contributed by atoms with van der Waals surface area (Å²) in [6.07, 6.45) is 5.59. The molecule has 3 N–H and O–H groups in total. The lowest BCUT2D eigenvalue weighted by Crippen LogP contribution is -2.34. The molecule has 0 aromatic heterocycles. The Balaban J connectivity index is 2.29. The van der Waals surface area contributed by atoms with E-state index in [1.807, 2.05) is 26.0 Å². The van der Waals surface area contributed by atoms with E-state index in [0.717, 1.165) is 0 Å². The Morgan fingerprint density at radius 1 is 1.52 bits per heavy atom. The molecule has 23 heavy (non-hydrogen) atoms. The van der Waals surface area contributed by atoms with Gasteiger partial charge >= 0.3 is 6.09 Å². The molecule has 0 radical (unpaired) electrons. The third-order valence-electron chi connectivity index (χ3n) is 3.35. The van der Waals surface area contributed by atoms with E-state index in [-0.39, 0.29) is 13.2 Å². The highest BCUT2D eigenvalue weighted by Crippen LogP contribution is 2.31. The standard InChI is InChI=1S/C16H27ClN2O4/c1-12(2)19-10-13(20)11-23-14-4-6-16(17,7-5-14)8-9-22-15(21)18-3/h4-6,12-13,19-20H,7-11H2,1-3H3,(H,18,21). The summed E-state index contributed by atoms with van der Waals surface area (Å²) in [6, 6.07) is 0.326. The molecule has 0 fully saturated rings. The van der Waals surface area contributed by atoms with Crippen LogP contribution in [0.15, 0.2) is 24.0 Å². The van der Waals surface area contributed by atoms with Crippen molar-refractivity contribution in [1.82, 2.24) is 10.6 Å². The van der Waals surface area contributed by atoms with Crippen LogP contribution in [0, 0.1) is 0 Å². The van der Waals surface area contributed by atoms with Gasteiger partial charge in [-0.05, 0) is 18.6 Å². The predicted molar refractivity (Wildman–Crippen MR) is 90.5 cm³/mol. The first-order chi connectivity index (χ1) is 10.8. The summed E-state index contributed by atoms with van der Waals surface area (Å²) in [5.74, 6) is 0.692. The van der Waals surface area contributed by atoms with E-state index in [1.54, 1.807) is 6.08 Å². The van der Waals surface area contributed by atoms with Crippen molar-refractivity contribution in [1.29, 1.82) is 0 Å². The highest BCUT2D eigenvalue weighted by Gasteiger charge is 2.26. The predicted octanol–water partition coefficient (Wildman–Crippen LogP) is 1.93. The lowest BCUT2D eigenvalue weighted by Gasteiger charge is -2.25. The SMILES string of the molecule is CNC(=O)OCCC1(Cl)C=CC(OCC(O)CNC(C)C)=CC1. The highest BCUT2D eigenvalue weighted by atomic mass is 35.5. The molecule has 0 bridgehead atoms. The Hall–Kier alpha value is -1.24. The van der Waals surface area contributed by atoms with E-state index in [9.17, 15) is 9.90 Å². The van der Waals surface area contributed by atoms with Gasteiger partial charge in [0.1, 0.15) is 18.5 Å². The normalized spacial score (nSPS) is 21.7. The third-order valence-corrected chi connectivity index (χ3v) is 3.82. The van der Waals surface area contributed by atoms with Crippen LogP contribution in [0.1, 0.15) is 26.7 Å². The zero-order valence-corrected chi connectivity index (χ0v) is 14.7. The summed E-state index contributed by atoms with van der Waals surface area (Å²) in [4.78, 5) is 10.4. The van der Waals surface area contributed by atoms with Gasteiger partial charge in [0.05, 0.1) is 11.5 Å². The Bertz CT molecular complexity index is 440. The minimum Gasteiger partial charge on any atom is -0.491 e. The molecule has 1 rings (SSSR count). The molecule has 1 aliphatic rings. The maximum Gasteiger partial charge on any atom is 0.406 e. The average Bonchev–Trinajstić information content (AvgIpc) is 2.52. The van der Waals surface area contributed by atoms with E-state index < -0.39 is 17.1 Å². The second kappa shape index (κ2) is 9.80. The summed E-state index contributed by atoms with van der Waals surface area (Å²) in [7, 11) is 1.51. The largest absolute Gasteiger partial charge is 0.491 e. The molecule has 0 spiro atoms. The Morgan fingerprint density at radius 2 is 2.26 bits per heavy atom. The molecular weight excluding hydrogens is 320 g/mol. The van der Waals surface area contributed by atoms with Gasteiger partial charge < -0.3 is 25.2 Å². The lowest BCUT2D eigenvalue weighted by molar-refractivity contribution is 0.0732. The molecule has 6 nitrogen and oxygen atoms in total. The molecule has 0 saturated carbocycles. The highest BCUT2D eigenvalue weighted by molar-refractivity contribution is 6.25. The lowest BCUT2D eigenvalue weighted by atomic mass is 9.96. The smallest absolute Gasteiger partial charge is 0.406 e. The number of nitrogens with one attached hydrogen (secondary N) is 2. The van der Waals surface area contributed by atoms with E-state index in [1.165, 1.54) is 7.05 Å². The Morgan fingerprint density at radius 3 is 2.83 bits per heavy atom. The maximum atomic E-state index is 11.0. The van der Waals surface area contributed by atoms with Crippen molar-refractivity contribution in [3.05, 3.63) is 24.0 Å². The second-order valence-corrected chi connectivity index (χ2v) is 6.60. The van der Waals surface area contributed by atoms with Crippen LogP contribution in [0.3, 0.4) is 0 Å². The summed E-state index contributed by atoms with van der Waals surface area (Å²) < 4.78 is 10.5. The van der Waals surface area contributed by atoms with Crippen LogP contribution >= 0.6 is 11.6 Å². The number of amides is 1. The molecule has 2 unspecified atom stereocenters. The van der Waals surface area contributed by atoms with Crippen LogP contribution in [-0.2, 0) is 9.47 Å². The van der Waals surface area contributed by atoms with Crippen molar-refractivity contribution in [3.63, 3.8) is 0 Å². The number of hydrogen-bond acceptors (Lipinski definition) is 5. The summed E-state index contributed by atoms with van der Waals surface area (Å²) in [5.41, 5.74) is 0. The summed E-state index contributed by atoms with van der Waals surface area (Å²) in [5, 5.41) is 15.3. The zero-order valence-electron chi connectivity index (χ0n) is 14.0. The number of aliphatic hydroxyl groups is 1. The number of halogens is 1. The van der Waals surface area contributed by atoms with E-state index in [4.69, 9.17) is 21.1 Å². The van der Waals surface area contributed by atoms with Gasteiger partial charge in [-0.2, -0.15) is 0 Å². The molecule has 1 amide bonds. The number of carbonyl (C=O) groups excluding carboxylic acids is 1. The molecule has 1 aliphatic carbocycles. The number of carbonyl (C=O) groups is 1. The second-order valence-electron chi connectivity index (χ2n) is 5.84. The van der Waals surface area contributed by atoms with Crippen molar-refractivity contribution >= 4 is 17.7 Å². The summed E-state index contributed by atoms with van der Waals surface area (Å²) >= 11 is 6.46. The van der Waals surface area contributed by atoms with Crippen molar-refractivity contribution in [2.24, 2.45) is 0 Å². The number of alkyl halides is 1. The monoisotopic (exact) mass is 346 g/mol. The van der Waals surface area contributed by atoms with Gasteiger partial charge in [0.25, 0.3) is 0 Å². The van der Waals surface area contributed by atoms with Crippen LogP contribution in [0.4, 0.5) is 4.79 Å². The Labute approximate surface area is 142 Å². The zero-order chi connectivity index (χ0) is 17.3. The van der Waals surface area contributed by atoms with Crippen molar-refractivity contribution in [3.8, 4) is 0 Å².